The van der Waals surface area contributed by atoms with Gasteiger partial charge in [0.15, 0.2) is 0 Å². The number of aliphatic hydroxyl groups is 1. The Balaban J connectivity index is 3.05. The Morgan fingerprint density at radius 1 is 1.23 bits per heavy atom. The van der Waals surface area contributed by atoms with Crippen LogP contribution in [0.15, 0.2) is 12.1 Å². The molecule has 0 spiro atoms. The second-order valence-electron chi connectivity index (χ2n) is 2.53. The third kappa shape index (κ3) is 2.03. The van der Waals surface area contributed by atoms with Gasteiger partial charge in [0.1, 0.15) is 17.2 Å². The van der Waals surface area contributed by atoms with Crippen molar-refractivity contribution >= 4 is 0 Å². The van der Waals surface area contributed by atoms with E-state index >= 15 is 0 Å². The fraction of sp³-hybridized carbons (Fsp3) is 0.333. The monoisotopic (exact) mass is 184 g/mol. The molecule has 0 unspecified atom stereocenters. The summed E-state index contributed by atoms with van der Waals surface area (Å²) < 4.78 is 5.07. The summed E-state index contributed by atoms with van der Waals surface area (Å²) in [5.41, 5.74) is 0.114. The lowest BCUT2D eigenvalue weighted by Gasteiger charge is -2.08. The molecular formula is C9H12O4. The van der Waals surface area contributed by atoms with Crippen molar-refractivity contribution in [2.45, 2.75) is 13.5 Å². The molecule has 13 heavy (non-hydrogen) atoms. The summed E-state index contributed by atoms with van der Waals surface area (Å²) >= 11 is 0. The van der Waals surface area contributed by atoms with E-state index < -0.39 is 6.61 Å². The first-order chi connectivity index (χ1) is 6.19. The van der Waals surface area contributed by atoms with Crippen molar-refractivity contribution < 1.29 is 20.1 Å². The molecule has 0 radical (unpaired) electrons. The lowest BCUT2D eigenvalue weighted by molar-refractivity contribution is 0.267. The molecular weight excluding hydrogens is 172 g/mol. The number of hydrogen-bond acceptors (Lipinski definition) is 4. The quantitative estimate of drug-likeness (QED) is 0.655. The van der Waals surface area contributed by atoms with E-state index in [9.17, 15) is 10.2 Å². The highest BCUT2D eigenvalue weighted by Gasteiger charge is 2.08. The molecule has 0 atom stereocenters. The first-order valence-electron chi connectivity index (χ1n) is 3.97. The van der Waals surface area contributed by atoms with E-state index in [-0.39, 0.29) is 17.1 Å². The van der Waals surface area contributed by atoms with Crippen molar-refractivity contribution in [3.05, 3.63) is 17.7 Å². The van der Waals surface area contributed by atoms with E-state index in [0.717, 1.165) is 0 Å². The molecule has 0 saturated carbocycles. The summed E-state index contributed by atoms with van der Waals surface area (Å²) in [6, 6.07) is 2.71. The highest BCUT2D eigenvalue weighted by molar-refractivity contribution is 5.48. The van der Waals surface area contributed by atoms with Gasteiger partial charge < -0.3 is 20.1 Å². The third-order valence-electron chi connectivity index (χ3n) is 1.65. The Kier molecular flexibility index (Phi) is 2.97. The fourth-order valence-corrected chi connectivity index (χ4v) is 1.03. The van der Waals surface area contributed by atoms with E-state index in [1.54, 1.807) is 6.92 Å². The van der Waals surface area contributed by atoms with Crippen molar-refractivity contribution in [1.82, 2.24) is 0 Å². The topological polar surface area (TPSA) is 69.9 Å². The number of rotatable bonds is 3. The second kappa shape index (κ2) is 4.00. The molecule has 0 aliphatic rings. The zero-order chi connectivity index (χ0) is 9.84. The van der Waals surface area contributed by atoms with Crippen molar-refractivity contribution in [2.75, 3.05) is 6.61 Å². The van der Waals surface area contributed by atoms with Crippen LogP contribution in [0.4, 0.5) is 0 Å². The smallest absolute Gasteiger partial charge is 0.128 e. The summed E-state index contributed by atoms with van der Waals surface area (Å²) in [6.45, 7) is 1.86. The van der Waals surface area contributed by atoms with Crippen LogP contribution < -0.4 is 4.74 Å². The van der Waals surface area contributed by atoms with Gasteiger partial charge in [0.05, 0.1) is 18.8 Å². The van der Waals surface area contributed by atoms with Crippen LogP contribution in [0.5, 0.6) is 17.2 Å². The van der Waals surface area contributed by atoms with Gasteiger partial charge in [-0.15, -0.1) is 0 Å². The number of aromatic hydroxyl groups is 2. The van der Waals surface area contributed by atoms with E-state index in [1.165, 1.54) is 12.1 Å². The van der Waals surface area contributed by atoms with Crippen LogP contribution in [-0.2, 0) is 6.61 Å². The minimum absolute atomic E-state index is 0.114. The molecule has 0 aromatic heterocycles. The molecule has 0 aliphatic carbocycles. The first-order valence-corrected chi connectivity index (χ1v) is 3.97. The second-order valence-corrected chi connectivity index (χ2v) is 2.53. The molecule has 0 amide bonds. The molecule has 0 aliphatic heterocycles. The number of hydrogen-bond donors (Lipinski definition) is 3. The van der Waals surface area contributed by atoms with Crippen LogP contribution in [0.1, 0.15) is 12.5 Å². The number of aliphatic hydroxyl groups excluding tert-OH is 1. The predicted molar refractivity (Wildman–Crippen MR) is 46.9 cm³/mol. The predicted octanol–water partition coefficient (Wildman–Crippen LogP) is 0.989. The zero-order valence-electron chi connectivity index (χ0n) is 7.32. The minimum Gasteiger partial charge on any atom is -0.507 e. The van der Waals surface area contributed by atoms with Gasteiger partial charge in [-0.05, 0) is 6.92 Å². The van der Waals surface area contributed by atoms with E-state index in [2.05, 4.69) is 0 Å². The summed E-state index contributed by atoms with van der Waals surface area (Å²) in [4.78, 5) is 0. The largest absolute Gasteiger partial charge is 0.507 e. The Bertz CT molecular complexity index is 273. The van der Waals surface area contributed by atoms with Crippen LogP contribution in [0.25, 0.3) is 0 Å². The van der Waals surface area contributed by atoms with Crippen LogP contribution >= 0.6 is 0 Å². The Morgan fingerprint density at radius 2 is 1.77 bits per heavy atom. The Labute approximate surface area is 76.0 Å². The standard InChI is InChI=1S/C9H12O4/c1-2-13-6-3-8(11)7(5-10)9(12)4-6/h3-4,10-12H,2,5H2,1H3. The lowest BCUT2D eigenvalue weighted by Crippen LogP contribution is -1.93. The third-order valence-corrected chi connectivity index (χ3v) is 1.65. The van der Waals surface area contributed by atoms with Crippen LogP contribution in [0.3, 0.4) is 0 Å². The maximum atomic E-state index is 9.30. The minimum atomic E-state index is -0.399. The van der Waals surface area contributed by atoms with Crippen molar-refractivity contribution in [2.24, 2.45) is 0 Å². The average molecular weight is 184 g/mol. The molecule has 3 N–H and O–H groups in total. The normalized spacial score (nSPS) is 10.0. The highest BCUT2D eigenvalue weighted by atomic mass is 16.5. The number of benzene rings is 1. The maximum absolute atomic E-state index is 9.30. The van der Waals surface area contributed by atoms with Gasteiger partial charge >= 0.3 is 0 Å². The van der Waals surface area contributed by atoms with E-state index in [0.29, 0.717) is 12.4 Å². The van der Waals surface area contributed by atoms with Gasteiger partial charge in [-0.25, -0.2) is 0 Å². The Hall–Kier alpha value is -1.42. The fourth-order valence-electron chi connectivity index (χ4n) is 1.03. The molecule has 0 heterocycles. The molecule has 4 nitrogen and oxygen atoms in total. The Morgan fingerprint density at radius 3 is 2.15 bits per heavy atom. The number of phenols is 2. The van der Waals surface area contributed by atoms with Crippen molar-refractivity contribution in [1.29, 1.82) is 0 Å². The molecule has 1 rings (SSSR count). The molecule has 4 heteroatoms. The summed E-state index contributed by atoms with van der Waals surface area (Å²) in [7, 11) is 0. The van der Waals surface area contributed by atoms with E-state index in [4.69, 9.17) is 9.84 Å². The molecule has 0 saturated heterocycles. The summed E-state index contributed by atoms with van der Waals surface area (Å²) in [6.07, 6.45) is 0. The molecule has 0 fully saturated rings. The van der Waals surface area contributed by atoms with Gasteiger partial charge in [0, 0.05) is 12.1 Å². The summed E-state index contributed by atoms with van der Waals surface area (Å²) in [5, 5.41) is 27.4. The van der Waals surface area contributed by atoms with Gasteiger partial charge in [-0.2, -0.15) is 0 Å². The number of ether oxygens (including phenoxy) is 1. The lowest BCUT2D eigenvalue weighted by atomic mass is 10.2. The average Bonchev–Trinajstić information content (AvgIpc) is 2.04. The van der Waals surface area contributed by atoms with Crippen LogP contribution in [-0.4, -0.2) is 21.9 Å². The van der Waals surface area contributed by atoms with Crippen LogP contribution in [0.2, 0.25) is 0 Å². The molecule has 0 bridgehead atoms. The van der Waals surface area contributed by atoms with Gasteiger partial charge in [-0.3, -0.25) is 0 Å². The highest BCUT2D eigenvalue weighted by Crippen LogP contribution is 2.32. The van der Waals surface area contributed by atoms with Gasteiger partial charge in [-0.1, -0.05) is 0 Å². The molecule has 72 valence electrons. The van der Waals surface area contributed by atoms with Gasteiger partial charge in [0.2, 0.25) is 0 Å². The SMILES string of the molecule is CCOc1cc(O)c(CO)c(O)c1. The van der Waals surface area contributed by atoms with Gasteiger partial charge in [0.25, 0.3) is 0 Å². The van der Waals surface area contributed by atoms with Crippen LogP contribution in [0, 0.1) is 0 Å². The van der Waals surface area contributed by atoms with Crippen molar-refractivity contribution in [3.8, 4) is 17.2 Å². The summed E-state index contributed by atoms with van der Waals surface area (Å²) in [5.74, 6) is 0.0617. The maximum Gasteiger partial charge on any atom is 0.128 e. The zero-order valence-corrected chi connectivity index (χ0v) is 7.32. The van der Waals surface area contributed by atoms with Crippen molar-refractivity contribution in [3.63, 3.8) is 0 Å². The molecule has 1 aromatic rings. The first kappa shape index (κ1) is 9.67. The molecule has 1 aromatic carbocycles. The van der Waals surface area contributed by atoms with E-state index in [1.807, 2.05) is 0 Å².